The van der Waals surface area contributed by atoms with Crippen LogP contribution in [0, 0.1) is 0 Å². The molecule has 0 amide bonds. The molecule has 0 saturated carbocycles. The van der Waals surface area contributed by atoms with E-state index in [1.807, 2.05) is 66.8 Å². The minimum absolute atomic E-state index is 0. The van der Waals surface area contributed by atoms with Crippen molar-refractivity contribution in [2.24, 2.45) is 20.0 Å². The van der Waals surface area contributed by atoms with E-state index in [4.69, 9.17) is 11.6 Å². The molecule has 0 unspecified atom stereocenters. The van der Waals surface area contributed by atoms with Gasteiger partial charge >= 0.3 is 29.6 Å². The number of allylic oxidation sites excluding steroid dienone is 12. The van der Waals surface area contributed by atoms with E-state index in [9.17, 15) is 0 Å². The zero-order valence-corrected chi connectivity index (χ0v) is 15.0. The van der Waals surface area contributed by atoms with E-state index in [-0.39, 0.29) is 46.6 Å². The first-order valence-electron chi connectivity index (χ1n) is 7.85. The number of nitrogens with zero attached hydrogens (tertiary/aromatic N) is 4. The van der Waals surface area contributed by atoms with Crippen LogP contribution in [0.25, 0.3) is 0 Å². The van der Waals surface area contributed by atoms with Gasteiger partial charge in [-0.25, -0.2) is 20.0 Å². The fraction of sp³-hybridized carbons (Fsp3) is 0. The van der Waals surface area contributed by atoms with Crippen molar-refractivity contribution in [2.45, 2.75) is 0 Å². The molecule has 7 heteroatoms. The normalized spacial score (nSPS) is 21.0. The third-order valence-corrected chi connectivity index (χ3v) is 4.29. The quantitative estimate of drug-likeness (QED) is 0.529. The van der Waals surface area contributed by atoms with E-state index in [1.54, 1.807) is 0 Å². The number of hydrogen-bond acceptors (Lipinski definition) is 4. The van der Waals surface area contributed by atoms with Crippen LogP contribution in [-0.4, -0.2) is 52.4 Å². The summed E-state index contributed by atoms with van der Waals surface area (Å²) in [5.74, 6) is 0. The Morgan fingerprint density at radius 2 is 0.963 bits per heavy atom. The van der Waals surface area contributed by atoms with Gasteiger partial charge in [0.1, 0.15) is 0 Å². The van der Waals surface area contributed by atoms with Gasteiger partial charge in [0, 0.05) is 17.1 Å². The summed E-state index contributed by atoms with van der Waals surface area (Å²) in [7, 11) is 0. The average molecular weight is 430 g/mol. The maximum atomic E-state index is 6.32. The van der Waals surface area contributed by atoms with Crippen molar-refractivity contribution < 1.29 is 17.1 Å². The van der Waals surface area contributed by atoms with Crippen LogP contribution in [-0.2, 0) is 17.1 Å². The Hall–Kier alpha value is -1.59. The molecule has 5 heterocycles. The monoisotopic (exact) mass is 429 g/mol. The molecule has 5 aliphatic heterocycles. The van der Waals surface area contributed by atoms with Gasteiger partial charge in [0.25, 0.3) is 0 Å². The number of rotatable bonds is 0. The van der Waals surface area contributed by atoms with Crippen molar-refractivity contribution in [3.8, 4) is 0 Å². The second-order valence-electron chi connectivity index (χ2n) is 5.88. The molecule has 0 aromatic heterocycles. The van der Waals surface area contributed by atoms with Crippen LogP contribution in [0.1, 0.15) is 0 Å². The Morgan fingerprint density at radius 3 is 1.48 bits per heavy atom. The van der Waals surface area contributed by atoms with E-state index in [0.29, 0.717) is 10.7 Å². The predicted molar refractivity (Wildman–Crippen MR) is 111 cm³/mol. The zero-order chi connectivity index (χ0) is 16.8. The number of fused-ring (bicyclic) bond motifs is 4. The molecule has 27 heavy (non-hydrogen) atoms. The van der Waals surface area contributed by atoms with Crippen molar-refractivity contribution in [1.82, 2.24) is 0 Å². The Bertz CT molecular complexity index is 1090. The van der Waals surface area contributed by atoms with Crippen molar-refractivity contribution >= 4 is 64.0 Å². The summed E-state index contributed by atoms with van der Waals surface area (Å²) in [4.78, 5) is 18.3. The molecule has 131 valence electrons. The number of hydrogen-bond donors (Lipinski definition) is 0. The Labute approximate surface area is 194 Å². The van der Waals surface area contributed by atoms with E-state index in [1.165, 1.54) is 0 Å². The maximum absolute atomic E-state index is 6.32. The van der Waals surface area contributed by atoms with Crippen LogP contribution in [0.4, 0.5) is 0 Å². The zero-order valence-electron chi connectivity index (χ0n) is 13.3. The van der Waals surface area contributed by atoms with Gasteiger partial charge in [-0.2, -0.15) is 0 Å². The fourth-order valence-electron chi connectivity index (χ4n) is 2.86. The summed E-state index contributed by atoms with van der Waals surface area (Å²) in [5, 5.41) is 0.601. The van der Waals surface area contributed by atoms with Gasteiger partial charge in [-0.1, -0.05) is 11.6 Å². The summed E-state index contributed by atoms with van der Waals surface area (Å²) >= 11 is 6.32. The Kier molecular flexibility index (Phi) is 6.11. The molecule has 5 aliphatic rings. The van der Waals surface area contributed by atoms with Gasteiger partial charge in [0.2, 0.25) is 0 Å². The van der Waals surface area contributed by atoms with Crippen LogP contribution in [0.2, 0.25) is 0 Å². The average Bonchev–Trinajstić information content (AvgIpc) is 3.33. The van der Waals surface area contributed by atoms with E-state index < -0.39 is 0 Å². The molecule has 0 spiro atoms. The van der Waals surface area contributed by atoms with Gasteiger partial charge in [-0.3, -0.25) is 0 Å². The van der Waals surface area contributed by atoms with Crippen molar-refractivity contribution in [3.63, 3.8) is 0 Å². The number of aliphatic imine (C=N–C) groups is 4. The SMILES string of the molecule is ClC1=CC2=CC3=NC(=CC4=NC(=CC5=NC(=CC1=N2)C=C5)C=C4)C=C3.[Cu].[NaH]. The first-order valence-corrected chi connectivity index (χ1v) is 8.22. The van der Waals surface area contributed by atoms with Crippen LogP contribution in [0.3, 0.4) is 0 Å². The molecule has 0 fully saturated rings. The third-order valence-electron chi connectivity index (χ3n) is 3.99. The summed E-state index contributed by atoms with van der Waals surface area (Å²) in [5.41, 5.74) is 6.60. The summed E-state index contributed by atoms with van der Waals surface area (Å²) in [6.45, 7) is 0. The van der Waals surface area contributed by atoms with Gasteiger partial charge in [-0.15, -0.1) is 0 Å². The minimum atomic E-state index is 0. The summed E-state index contributed by atoms with van der Waals surface area (Å²) in [6.07, 6.45) is 21.3. The van der Waals surface area contributed by atoms with Crippen LogP contribution in [0.15, 0.2) is 115 Å². The van der Waals surface area contributed by atoms with Crippen molar-refractivity contribution in [3.05, 3.63) is 94.7 Å². The molecule has 0 aromatic carbocycles. The number of halogens is 1. The molecule has 0 aliphatic carbocycles. The molecule has 0 N–H and O–H groups in total. The molecule has 0 aromatic rings. The second kappa shape index (κ2) is 8.19. The van der Waals surface area contributed by atoms with E-state index >= 15 is 0 Å². The van der Waals surface area contributed by atoms with E-state index in [0.717, 1.165) is 39.9 Å². The topological polar surface area (TPSA) is 49.4 Å². The first-order chi connectivity index (χ1) is 12.2. The van der Waals surface area contributed by atoms with Crippen molar-refractivity contribution in [1.29, 1.82) is 0 Å². The van der Waals surface area contributed by atoms with Gasteiger partial charge < -0.3 is 0 Å². The molecule has 1 radical (unpaired) electrons. The summed E-state index contributed by atoms with van der Waals surface area (Å²) < 4.78 is 0. The van der Waals surface area contributed by atoms with Gasteiger partial charge in [0.15, 0.2) is 0 Å². The predicted octanol–water partition coefficient (Wildman–Crippen LogP) is 3.49. The summed E-state index contributed by atoms with van der Waals surface area (Å²) in [6, 6.07) is 0. The fourth-order valence-corrected chi connectivity index (χ4v) is 3.07. The standard InChI is InChI=1S/C20H11ClN4.Cu.Na.H/c21-19-10-18-9-16-4-3-14(23-16)7-12-1-2-13(22-12)8-15-5-6-17(24-15)11-20(19)25-18;;;/h1-11H;;;. The van der Waals surface area contributed by atoms with E-state index in [2.05, 4.69) is 20.0 Å². The third kappa shape index (κ3) is 4.30. The molecule has 5 rings (SSSR count). The Morgan fingerprint density at radius 1 is 0.519 bits per heavy atom. The molecular weight excluding hydrogens is 418 g/mol. The van der Waals surface area contributed by atoms with Crippen LogP contribution < -0.4 is 0 Å². The van der Waals surface area contributed by atoms with Crippen LogP contribution in [0.5, 0.6) is 0 Å². The second-order valence-corrected chi connectivity index (χ2v) is 6.28. The van der Waals surface area contributed by atoms with Gasteiger partial charge in [0.05, 0.1) is 50.7 Å². The van der Waals surface area contributed by atoms with Crippen molar-refractivity contribution in [2.75, 3.05) is 0 Å². The molecule has 4 nitrogen and oxygen atoms in total. The van der Waals surface area contributed by atoms with Gasteiger partial charge in [-0.05, 0) is 66.8 Å². The Balaban J connectivity index is 0.00000105. The first kappa shape index (κ1) is 20.2. The molecule has 0 saturated heterocycles. The molecule has 8 bridgehead atoms. The molecule has 0 atom stereocenters. The molecular formula is C20H12ClCuN4Na. The van der Waals surface area contributed by atoms with Crippen LogP contribution >= 0.6 is 11.6 Å².